The molecule has 4 aromatic carbocycles. The van der Waals surface area contributed by atoms with Crippen LogP contribution in [0.25, 0.3) is 17.1 Å². The highest BCUT2D eigenvalue weighted by molar-refractivity contribution is 7.99. The molecule has 5 rings (SSSR count). The van der Waals surface area contributed by atoms with Gasteiger partial charge in [-0.3, -0.25) is 9.36 Å². The third-order valence-corrected chi connectivity index (χ3v) is 6.82. The monoisotopic (exact) mass is 564 g/mol. The molecule has 0 spiro atoms. The summed E-state index contributed by atoms with van der Waals surface area (Å²) < 4.78 is 21.2. The van der Waals surface area contributed by atoms with Crippen molar-refractivity contribution in [2.45, 2.75) is 5.16 Å². The molecule has 190 valence electrons. The first-order valence-corrected chi connectivity index (χ1v) is 13.1. The van der Waals surface area contributed by atoms with E-state index in [1.54, 1.807) is 12.1 Å². The van der Waals surface area contributed by atoms with Crippen LogP contribution < -0.4 is 10.1 Å². The zero-order chi connectivity index (χ0) is 26.5. The number of aromatic nitrogens is 3. The van der Waals surface area contributed by atoms with E-state index in [1.165, 1.54) is 30.0 Å². The maximum absolute atomic E-state index is 13.4. The van der Waals surface area contributed by atoms with Gasteiger partial charge in [0.15, 0.2) is 11.0 Å². The second-order valence-corrected chi connectivity index (χ2v) is 9.81. The Morgan fingerprint density at radius 1 is 0.895 bits per heavy atom. The number of carbonyl (C=O) groups is 1. The number of benzene rings is 4. The van der Waals surface area contributed by atoms with Gasteiger partial charge in [-0.1, -0.05) is 53.2 Å². The highest BCUT2D eigenvalue weighted by Gasteiger charge is 2.18. The molecule has 1 aromatic heterocycles. The van der Waals surface area contributed by atoms with Crippen LogP contribution in [-0.4, -0.2) is 26.4 Å². The van der Waals surface area contributed by atoms with E-state index in [1.807, 2.05) is 71.3 Å². The van der Waals surface area contributed by atoms with Gasteiger partial charge in [0.2, 0.25) is 5.91 Å². The lowest BCUT2D eigenvalue weighted by molar-refractivity contribution is -0.113. The van der Waals surface area contributed by atoms with Gasteiger partial charge >= 0.3 is 0 Å². The summed E-state index contributed by atoms with van der Waals surface area (Å²) in [5.41, 5.74) is 2.00. The summed E-state index contributed by atoms with van der Waals surface area (Å²) in [6, 6.07) is 28.3. The molecule has 0 bridgehead atoms. The molecule has 0 radical (unpaired) electrons. The van der Waals surface area contributed by atoms with E-state index < -0.39 is 5.82 Å². The topological polar surface area (TPSA) is 69.0 Å². The highest BCUT2D eigenvalue weighted by atomic mass is 35.5. The number of rotatable bonds is 8. The number of ether oxygens (including phenoxy) is 1. The summed E-state index contributed by atoms with van der Waals surface area (Å²) >= 11 is 13.1. The average molecular weight is 565 g/mol. The van der Waals surface area contributed by atoms with Crippen LogP contribution in [0.3, 0.4) is 0 Å². The Morgan fingerprint density at radius 3 is 2.32 bits per heavy atom. The molecule has 6 nitrogen and oxygen atoms in total. The van der Waals surface area contributed by atoms with E-state index in [0.29, 0.717) is 27.4 Å². The predicted octanol–water partition coefficient (Wildman–Crippen LogP) is 7.90. The summed E-state index contributed by atoms with van der Waals surface area (Å²) in [5.74, 6) is 1.19. The second-order valence-electron chi connectivity index (χ2n) is 8.02. The summed E-state index contributed by atoms with van der Waals surface area (Å²) in [5, 5.41) is 12.5. The zero-order valence-electron chi connectivity index (χ0n) is 19.6. The van der Waals surface area contributed by atoms with Gasteiger partial charge in [0.1, 0.15) is 17.3 Å². The van der Waals surface area contributed by atoms with Crippen molar-refractivity contribution < 1.29 is 13.9 Å². The van der Waals surface area contributed by atoms with E-state index >= 15 is 0 Å². The molecule has 10 heteroatoms. The van der Waals surface area contributed by atoms with E-state index in [9.17, 15) is 9.18 Å². The van der Waals surface area contributed by atoms with Gasteiger partial charge in [-0.15, -0.1) is 10.2 Å². The number of hydrogen-bond acceptors (Lipinski definition) is 5. The van der Waals surface area contributed by atoms with Gasteiger partial charge < -0.3 is 10.1 Å². The Morgan fingerprint density at radius 2 is 1.61 bits per heavy atom. The molecular formula is C28H19Cl2FN4O2S. The quantitative estimate of drug-likeness (QED) is 0.194. The van der Waals surface area contributed by atoms with Gasteiger partial charge in [-0.2, -0.15) is 0 Å². The SMILES string of the molecule is O=C(CSc1nnc(-c2ccc(Cl)cc2)n1-c1ccc(Oc2ccccc2)cc1)Nc1ccc(F)c(Cl)c1. The molecule has 5 aromatic rings. The molecule has 0 saturated carbocycles. The van der Waals surface area contributed by atoms with Crippen molar-refractivity contribution in [3.63, 3.8) is 0 Å². The third kappa shape index (κ3) is 6.16. The molecule has 1 amide bonds. The van der Waals surface area contributed by atoms with Crippen LogP contribution in [-0.2, 0) is 4.79 Å². The van der Waals surface area contributed by atoms with Crippen molar-refractivity contribution in [2.75, 3.05) is 11.1 Å². The van der Waals surface area contributed by atoms with Crippen LogP contribution in [0.5, 0.6) is 11.5 Å². The maximum Gasteiger partial charge on any atom is 0.234 e. The Hall–Kier alpha value is -3.85. The van der Waals surface area contributed by atoms with Crippen molar-refractivity contribution in [2.24, 2.45) is 0 Å². The van der Waals surface area contributed by atoms with Crippen molar-refractivity contribution in [1.82, 2.24) is 14.8 Å². The first-order valence-electron chi connectivity index (χ1n) is 11.4. The molecule has 0 aliphatic carbocycles. The van der Waals surface area contributed by atoms with Crippen molar-refractivity contribution in [3.05, 3.63) is 113 Å². The fraction of sp³-hybridized carbons (Fsp3) is 0.0357. The number of carbonyl (C=O) groups excluding carboxylic acids is 1. The third-order valence-electron chi connectivity index (χ3n) is 5.35. The standard InChI is InChI=1S/C28H19Cl2FN4O2S/c29-19-8-6-18(7-9-19)27-33-34-28(38-17-26(36)32-20-10-15-25(31)24(30)16-20)35(27)21-11-13-23(14-12-21)37-22-4-2-1-3-5-22/h1-16H,17H2,(H,32,36). The summed E-state index contributed by atoms with van der Waals surface area (Å²) in [4.78, 5) is 12.6. The first-order chi connectivity index (χ1) is 18.5. The molecule has 38 heavy (non-hydrogen) atoms. The molecule has 0 aliphatic rings. The summed E-state index contributed by atoms with van der Waals surface area (Å²) in [6.07, 6.45) is 0. The van der Waals surface area contributed by atoms with Crippen molar-refractivity contribution in [1.29, 1.82) is 0 Å². The van der Waals surface area contributed by atoms with E-state index in [2.05, 4.69) is 15.5 Å². The molecule has 1 heterocycles. The fourth-order valence-corrected chi connectivity index (χ4v) is 4.63. The molecule has 0 saturated heterocycles. The first kappa shape index (κ1) is 25.8. The minimum Gasteiger partial charge on any atom is -0.457 e. The van der Waals surface area contributed by atoms with Crippen LogP contribution in [0.1, 0.15) is 0 Å². The second kappa shape index (κ2) is 11.7. The molecule has 0 fully saturated rings. The largest absolute Gasteiger partial charge is 0.457 e. The molecular weight excluding hydrogens is 546 g/mol. The Bertz CT molecular complexity index is 1560. The number of amides is 1. The summed E-state index contributed by atoms with van der Waals surface area (Å²) in [7, 11) is 0. The van der Waals surface area contributed by atoms with E-state index in [-0.39, 0.29) is 16.7 Å². The number of halogens is 3. The highest BCUT2D eigenvalue weighted by Crippen LogP contribution is 2.31. The molecule has 1 N–H and O–H groups in total. The Kier molecular flexibility index (Phi) is 7.93. The lowest BCUT2D eigenvalue weighted by atomic mass is 10.2. The van der Waals surface area contributed by atoms with Crippen LogP contribution in [0.2, 0.25) is 10.0 Å². The number of para-hydroxylation sites is 1. The lowest BCUT2D eigenvalue weighted by Crippen LogP contribution is -2.14. The molecule has 0 unspecified atom stereocenters. The fourth-order valence-electron chi connectivity index (χ4n) is 3.57. The Labute approximate surface area is 232 Å². The van der Waals surface area contributed by atoms with Crippen molar-refractivity contribution in [3.8, 4) is 28.6 Å². The number of nitrogens with one attached hydrogen (secondary N) is 1. The normalized spacial score (nSPS) is 10.8. The van der Waals surface area contributed by atoms with Gasteiger partial charge in [0.25, 0.3) is 0 Å². The van der Waals surface area contributed by atoms with Gasteiger partial charge in [-0.05, 0) is 78.9 Å². The molecule has 0 atom stereocenters. The van der Waals surface area contributed by atoms with Crippen LogP contribution in [0, 0.1) is 5.82 Å². The minimum atomic E-state index is -0.554. The van der Waals surface area contributed by atoms with Gasteiger partial charge in [0.05, 0.1) is 10.8 Å². The number of hydrogen-bond donors (Lipinski definition) is 1. The molecule has 0 aliphatic heterocycles. The maximum atomic E-state index is 13.4. The number of nitrogens with zero attached hydrogens (tertiary/aromatic N) is 3. The van der Waals surface area contributed by atoms with E-state index in [0.717, 1.165) is 17.0 Å². The smallest absolute Gasteiger partial charge is 0.234 e. The summed E-state index contributed by atoms with van der Waals surface area (Å²) in [6.45, 7) is 0. The predicted molar refractivity (Wildman–Crippen MR) is 149 cm³/mol. The number of anilines is 1. The van der Waals surface area contributed by atoms with Crippen LogP contribution >= 0.6 is 35.0 Å². The van der Waals surface area contributed by atoms with E-state index in [4.69, 9.17) is 27.9 Å². The van der Waals surface area contributed by atoms with Crippen molar-refractivity contribution >= 4 is 46.6 Å². The average Bonchev–Trinajstić information content (AvgIpc) is 3.35. The van der Waals surface area contributed by atoms with Crippen LogP contribution in [0.4, 0.5) is 10.1 Å². The lowest BCUT2D eigenvalue weighted by Gasteiger charge is -2.12. The number of thioether (sulfide) groups is 1. The van der Waals surface area contributed by atoms with Gasteiger partial charge in [-0.25, -0.2) is 4.39 Å². The minimum absolute atomic E-state index is 0.0446. The van der Waals surface area contributed by atoms with Gasteiger partial charge in [0, 0.05) is 22.0 Å². The van der Waals surface area contributed by atoms with Crippen LogP contribution in [0.15, 0.2) is 102 Å². The Balaban J connectivity index is 1.39. The zero-order valence-corrected chi connectivity index (χ0v) is 22.0.